The number of imidazole rings is 1. The van der Waals surface area contributed by atoms with Gasteiger partial charge in [-0.25, -0.2) is 15.0 Å². The molecule has 3 aromatic carbocycles. The molecule has 2 saturated heterocycles. The van der Waals surface area contributed by atoms with Crippen LogP contribution in [0.3, 0.4) is 0 Å². The molecule has 4 heterocycles. The average Bonchev–Trinajstić information content (AvgIpc) is 3.98. The van der Waals surface area contributed by atoms with E-state index in [0.717, 1.165) is 6.42 Å². The first kappa shape index (κ1) is 40.7. The number of rotatable bonds is 16. The van der Waals surface area contributed by atoms with Crippen LogP contribution >= 0.6 is 0 Å². The van der Waals surface area contributed by atoms with Gasteiger partial charge in [0.25, 0.3) is 17.1 Å². The molecule has 0 radical (unpaired) electrons. The fourth-order valence-electron chi connectivity index (χ4n) is 6.64. The van der Waals surface area contributed by atoms with Crippen molar-refractivity contribution in [1.82, 2.24) is 19.5 Å². The summed E-state index contributed by atoms with van der Waals surface area (Å²) in [5.74, 6) is -2.05. The van der Waals surface area contributed by atoms with E-state index in [1.165, 1.54) is 90.0 Å². The molecule has 60 heavy (non-hydrogen) atoms. The van der Waals surface area contributed by atoms with E-state index >= 15 is 0 Å². The molecule has 0 bridgehead atoms. The molecule has 22 nitrogen and oxygen atoms in total. The van der Waals surface area contributed by atoms with E-state index in [-0.39, 0.29) is 48.0 Å². The summed E-state index contributed by atoms with van der Waals surface area (Å²) in [4.78, 5) is 85.3. The predicted molar refractivity (Wildman–Crippen MR) is 203 cm³/mol. The third-order valence-corrected chi connectivity index (χ3v) is 9.62. The molecule has 2 aromatic heterocycles. The van der Waals surface area contributed by atoms with Crippen LogP contribution in [-0.4, -0.2) is 96.4 Å². The summed E-state index contributed by atoms with van der Waals surface area (Å²) in [6.45, 7) is 0.486. The van der Waals surface area contributed by atoms with Crippen molar-refractivity contribution in [3.05, 3.63) is 132 Å². The van der Waals surface area contributed by atoms with Gasteiger partial charge in [-0.3, -0.25) is 49.3 Å². The lowest BCUT2D eigenvalue weighted by atomic mass is 10.1. The van der Waals surface area contributed by atoms with Crippen molar-refractivity contribution >= 4 is 52.0 Å². The maximum absolute atomic E-state index is 13.7. The maximum Gasteiger partial charge on any atom is 0.310 e. The summed E-state index contributed by atoms with van der Waals surface area (Å²) in [6, 6.07) is 15.7. The largest absolute Gasteiger partial charge is 0.463 e. The van der Waals surface area contributed by atoms with Gasteiger partial charge in [0, 0.05) is 43.0 Å². The van der Waals surface area contributed by atoms with Crippen LogP contribution in [0.4, 0.5) is 22.9 Å². The van der Waals surface area contributed by atoms with E-state index in [2.05, 4.69) is 20.3 Å². The second kappa shape index (κ2) is 18.0. The Kier molecular flexibility index (Phi) is 12.2. The number of non-ortho nitro benzene ring substituents is 3. The predicted octanol–water partition coefficient (Wildman–Crippen LogP) is 3.74. The fourth-order valence-corrected chi connectivity index (χ4v) is 6.64. The van der Waals surface area contributed by atoms with Crippen LogP contribution in [-0.2, 0) is 57.3 Å². The van der Waals surface area contributed by atoms with Crippen LogP contribution in [0.5, 0.6) is 0 Å². The second-order valence-corrected chi connectivity index (χ2v) is 13.7. The highest BCUT2D eigenvalue weighted by Gasteiger charge is 2.51. The standard InChI is InChI=1S/C38H34N8O14/c47-30(15-22-1-7-26(8-2-22)44(50)51)57-19-29-34(59-31(48)16-23-3-9-27(10-4-23)45(52)53)35(60-32(49)17-24-5-11-28(12-6-24)46(54)55)38(58-29)43-21-41-33-36(39-20-40-37(33)43)42-25-13-14-56-18-25/h1-12,20-21,25,29,34-35,38H,13-19H2,(H,39,40,42)/t25-,29-,34-,35-,38?/m1/s1. The van der Waals surface area contributed by atoms with Crippen molar-refractivity contribution in [2.75, 3.05) is 25.1 Å². The molecule has 310 valence electrons. The summed E-state index contributed by atoms with van der Waals surface area (Å²) in [5.41, 5.74) is 1.16. The molecule has 5 atom stereocenters. The van der Waals surface area contributed by atoms with Crippen molar-refractivity contribution < 1.29 is 52.8 Å². The number of carbonyl (C=O) groups is 3. The molecule has 0 amide bonds. The Bertz CT molecular complexity index is 2400. The summed E-state index contributed by atoms with van der Waals surface area (Å²) in [5, 5.41) is 36.8. The Balaban J connectivity index is 1.19. The van der Waals surface area contributed by atoms with Gasteiger partial charge in [0.2, 0.25) is 0 Å². The smallest absolute Gasteiger partial charge is 0.310 e. The Hall–Kier alpha value is -7.46. The van der Waals surface area contributed by atoms with Crippen LogP contribution in [0.1, 0.15) is 29.3 Å². The number of nitro groups is 3. The molecule has 7 rings (SSSR count). The highest BCUT2D eigenvalue weighted by atomic mass is 16.7. The summed E-state index contributed by atoms with van der Waals surface area (Å²) < 4.78 is 30.9. The lowest BCUT2D eigenvalue weighted by Crippen LogP contribution is -2.41. The molecule has 2 aliphatic heterocycles. The van der Waals surface area contributed by atoms with E-state index in [1.54, 1.807) is 0 Å². The SMILES string of the molecule is O=C(Cc1ccc([N+](=O)[O-])cc1)OC[C@H]1OC(n2cnc3c(N[C@@H]4CCOC4)ncnc32)[C@H](OC(=O)Cc2ccc([N+](=O)[O-])cc2)[C@@H]1OC(=O)Cc1ccc([N+](=O)[O-])cc1. The number of nitro benzene ring substituents is 3. The van der Waals surface area contributed by atoms with Crippen LogP contribution in [0.25, 0.3) is 11.2 Å². The Morgan fingerprint density at radius 3 is 1.73 bits per heavy atom. The first-order valence-corrected chi connectivity index (χ1v) is 18.3. The summed E-state index contributed by atoms with van der Waals surface area (Å²) >= 11 is 0. The lowest BCUT2D eigenvalue weighted by Gasteiger charge is -2.25. The summed E-state index contributed by atoms with van der Waals surface area (Å²) in [7, 11) is 0. The van der Waals surface area contributed by atoms with E-state index in [1.807, 2.05) is 0 Å². The maximum atomic E-state index is 13.7. The van der Waals surface area contributed by atoms with Gasteiger partial charge >= 0.3 is 17.9 Å². The molecular weight excluding hydrogens is 792 g/mol. The number of fused-ring (bicyclic) bond motifs is 1. The van der Waals surface area contributed by atoms with Crippen molar-refractivity contribution in [3.8, 4) is 0 Å². The number of hydrogen-bond donors (Lipinski definition) is 1. The van der Waals surface area contributed by atoms with E-state index in [4.69, 9.17) is 23.7 Å². The van der Waals surface area contributed by atoms with Gasteiger partial charge in [-0.1, -0.05) is 36.4 Å². The molecule has 0 spiro atoms. The van der Waals surface area contributed by atoms with Crippen LogP contribution in [0, 0.1) is 30.3 Å². The van der Waals surface area contributed by atoms with Gasteiger partial charge < -0.3 is 29.0 Å². The third kappa shape index (κ3) is 9.62. The second-order valence-electron chi connectivity index (χ2n) is 13.7. The minimum Gasteiger partial charge on any atom is -0.463 e. The number of nitrogens with one attached hydrogen (secondary N) is 1. The highest BCUT2D eigenvalue weighted by Crippen LogP contribution is 2.37. The number of anilines is 1. The normalized spacial score (nSPS) is 19.7. The van der Waals surface area contributed by atoms with Crippen molar-refractivity contribution in [1.29, 1.82) is 0 Å². The molecule has 1 N–H and O–H groups in total. The van der Waals surface area contributed by atoms with Crippen LogP contribution < -0.4 is 5.32 Å². The lowest BCUT2D eigenvalue weighted by molar-refractivity contribution is -0.385. The Morgan fingerprint density at radius 1 is 0.717 bits per heavy atom. The number of ether oxygens (including phenoxy) is 5. The minimum atomic E-state index is -1.44. The number of benzene rings is 3. The van der Waals surface area contributed by atoms with Gasteiger partial charge in [-0.15, -0.1) is 0 Å². The van der Waals surface area contributed by atoms with Gasteiger partial charge in [0.15, 0.2) is 35.4 Å². The van der Waals surface area contributed by atoms with E-state index in [0.29, 0.717) is 41.2 Å². The highest BCUT2D eigenvalue weighted by molar-refractivity contribution is 5.83. The monoisotopic (exact) mass is 826 g/mol. The van der Waals surface area contributed by atoms with Gasteiger partial charge in [-0.05, 0) is 23.1 Å². The van der Waals surface area contributed by atoms with Gasteiger partial charge in [0.05, 0.1) is 53.0 Å². The zero-order valence-corrected chi connectivity index (χ0v) is 31.3. The third-order valence-electron chi connectivity index (χ3n) is 9.62. The first-order valence-electron chi connectivity index (χ1n) is 18.3. The van der Waals surface area contributed by atoms with Gasteiger partial charge in [-0.2, -0.15) is 0 Å². The van der Waals surface area contributed by atoms with E-state index in [9.17, 15) is 44.7 Å². The first-order chi connectivity index (χ1) is 28.9. The minimum absolute atomic E-state index is 0.0475. The molecule has 0 aliphatic carbocycles. The molecule has 0 saturated carbocycles. The summed E-state index contributed by atoms with van der Waals surface area (Å²) in [6.07, 6.45) is -3.08. The topological polar surface area (TPSA) is 282 Å². The van der Waals surface area contributed by atoms with Gasteiger partial charge in [0.1, 0.15) is 19.0 Å². The molecule has 5 aromatic rings. The average molecular weight is 827 g/mol. The molecular formula is C38H34N8O14. The molecule has 1 unspecified atom stereocenters. The zero-order valence-electron chi connectivity index (χ0n) is 31.3. The van der Waals surface area contributed by atoms with Crippen molar-refractivity contribution in [2.45, 2.75) is 56.3 Å². The fraction of sp³-hybridized carbons (Fsp3) is 0.316. The quantitative estimate of drug-likeness (QED) is 0.0641. The van der Waals surface area contributed by atoms with Crippen molar-refractivity contribution in [2.24, 2.45) is 0 Å². The Labute approximate surface area is 337 Å². The number of carbonyl (C=O) groups excluding carboxylic acids is 3. The Morgan fingerprint density at radius 2 is 1.23 bits per heavy atom. The number of hydrogen-bond acceptors (Lipinski definition) is 18. The van der Waals surface area contributed by atoms with E-state index < -0.39 is 63.8 Å². The number of nitrogens with zero attached hydrogens (tertiary/aromatic N) is 7. The van der Waals surface area contributed by atoms with Crippen molar-refractivity contribution in [3.63, 3.8) is 0 Å². The molecule has 2 fully saturated rings. The molecule has 2 aliphatic rings. The van der Waals surface area contributed by atoms with Crippen LogP contribution in [0.2, 0.25) is 0 Å². The van der Waals surface area contributed by atoms with Crippen LogP contribution in [0.15, 0.2) is 85.5 Å². The number of aromatic nitrogens is 4. The zero-order chi connectivity index (χ0) is 42.3. The molecule has 22 heteroatoms. The number of esters is 3.